The van der Waals surface area contributed by atoms with Crippen molar-refractivity contribution in [2.24, 2.45) is 23.7 Å². The van der Waals surface area contributed by atoms with Crippen molar-refractivity contribution in [2.75, 3.05) is 22.8 Å². The van der Waals surface area contributed by atoms with E-state index in [2.05, 4.69) is 10.7 Å². The van der Waals surface area contributed by atoms with E-state index in [4.69, 9.17) is 16.3 Å². The number of hydrogen-bond acceptors (Lipinski definition) is 8. The molecule has 58 heavy (non-hydrogen) atoms. The van der Waals surface area contributed by atoms with Crippen LogP contribution in [-0.2, 0) is 24.6 Å². The number of rotatable bonds is 8. The topological polar surface area (TPSA) is 128 Å². The number of nitrogens with one attached hydrogen (secondary N) is 2. The van der Waals surface area contributed by atoms with Crippen molar-refractivity contribution in [1.82, 2.24) is 5.01 Å². The van der Waals surface area contributed by atoms with Crippen molar-refractivity contribution < 1.29 is 33.4 Å². The Kier molecular flexibility index (Phi) is 9.51. The summed E-state index contributed by atoms with van der Waals surface area (Å²) in [4.78, 5) is 60.7. The number of phenols is 1. The standard InChI is InChI=1S/C45H35ClFIN4O6/c1-58-37-22-24(21-36(48)40(37)53)39-32-19-20-33-38(43(56)51(41(33)54)31-17-15-29(16-18-31)49-28-5-3-2-4-6-28)34(32)23-35-42(55)52(50-30-13-11-27(47)12-14-30)44(57)45(35,39)25-7-9-26(46)10-8-25/h2-19,21-22,33-35,38-39,49-50,53H,20,23H2,1H3/t33-,34+,35-,38-,39-,45+/m0/s1. The van der Waals surface area contributed by atoms with E-state index >= 15 is 4.79 Å². The molecular weight excluding hydrogens is 874 g/mol. The van der Waals surface area contributed by atoms with Gasteiger partial charge in [-0.15, -0.1) is 0 Å². The Morgan fingerprint density at radius 1 is 0.828 bits per heavy atom. The number of fused-ring (bicyclic) bond motifs is 4. The number of phenolic OH excluding ortho intramolecular Hbond substituents is 1. The summed E-state index contributed by atoms with van der Waals surface area (Å²) in [6.45, 7) is 0. The highest BCUT2D eigenvalue weighted by Crippen LogP contribution is 2.64. The van der Waals surface area contributed by atoms with Gasteiger partial charge >= 0.3 is 0 Å². The van der Waals surface area contributed by atoms with E-state index < -0.39 is 52.6 Å². The number of carbonyl (C=O) groups excluding carboxylic acids is 4. The van der Waals surface area contributed by atoms with Crippen LogP contribution in [0.3, 0.4) is 0 Å². The van der Waals surface area contributed by atoms with E-state index in [1.807, 2.05) is 71.1 Å². The highest BCUT2D eigenvalue weighted by Gasteiger charge is 2.70. The second-order valence-corrected chi connectivity index (χ2v) is 16.6. The SMILES string of the molecule is COc1cc([C@H]2C3=CC[C@@H]4C(=O)N(c5ccc(Nc6ccccc6)cc5)C(=O)[C@@H]4[C@@H]3C[C@H]3C(=O)N(Nc4ccc(F)cc4)C(=O)[C@@]23c2ccc(Cl)cc2)cc(I)c1O. The quantitative estimate of drug-likeness (QED) is 0.0802. The van der Waals surface area contributed by atoms with Crippen LogP contribution in [0.4, 0.5) is 27.1 Å². The molecule has 2 saturated heterocycles. The molecule has 0 aromatic heterocycles. The van der Waals surface area contributed by atoms with Gasteiger partial charge in [-0.1, -0.05) is 53.6 Å². The zero-order valence-corrected chi connectivity index (χ0v) is 33.8. The number of methoxy groups -OCH3 is 1. The largest absolute Gasteiger partial charge is 0.504 e. The van der Waals surface area contributed by atoms with E-state index in [9.17, 15) is 23.9 Å². The van der Waals surface area contributed by atoms with Gasteiger partial charge in [-0.25, -0.2) is 4.39 Å². The van der Waals surface area contributed by atoms with Gasteiger partial charge in [0, 0.05) is 22.3 Å². The Labute approximate surface area is 351 Å². The number of allylic oxidation sites excluding steroid dienone is 2. The van der Waals surface area contributed by atoms with Crippen LogP contribution in [0.2, 0.25) is 5.02 Å². The molecule has 13 heteroatoms. The molecule has 6 atom stereocenters. The molecule has 0 bridgehead atoms. The van der Waals surface area contributed by atoms with Crippen LogP contribution in [0.25, 0.3) is 0 Å². The van der Waals surface area contributed by atoms with Crippen molar-refractivity contribution in [1.29, 1.82) is 0 Å². The molecule has 2 heterocycles. The Morgan fingerprint density at radius 3 is 2.19 bits per heavy atom. The molecule has 292 valence electrons. The number of halogens is 3. The van der Waals surface area contributed by atoms with Crippen LogP contribution in [0.15, 0.2) is 127 Å². The number of hydrazine groups is 1. The molecule has 5 aromatic carbocycles. The number of nitrogens with zero attached hydrogens (tertiary/aromatic N) is 2. The number of amides is 4. The second-order valence-electron chi connectivity index (χ2n) is 15.0. The highest BCUT2D eigenvalue weighted by molar-refractivity contribution is 14.1. The maximum Gasteiger partial charge on any atom is 0.260 e. The summed E-state index contributed by atoms with van der Waals surface area (Å²) in [6, 6.07) is 32.3. The summed E-state index contributed by atoms with van der Waals surface area (Å²) in [5.41, 5.74) is 5.65. The van der Waals surface area contributed by atoms with Gasteiger partial charge < -0.3 is 15.2 Å². The lowest BCUT2D eigenvalue weighted by Gasteiger charge is -2.50. The number of benzene rings is 5. The third-order valence-electron chi connectivity index (χ3n) is 12.0. The minimum absolute atomic E-state index is 0.0808. The predicted molar refractivity (Wildman–Crippen MR) is 225 cm³/mol. The number of aromatic hydroxyl groups is 1. The second kappa shape index (κ2) is 14.6. The van der Waals surface area contributed by atoms with Gasteiger partial charge in [0.1, 0.15) is 5.82 Å². The van der Waals surface area contributed by atoms with Crippen molar-refractivity contribution in [3.05, 3.63) is 152 Å². The zero-order valence-electron chi connectivity index (χ0n) is 30.9. The number of anilines is 4. The lowest BCUT2D eigenvalue weighted by Crippen LogP contribution is -2.53. The van der Waals surface area contributed by atoms with Crippen molar-refractivity contribution in [3.63, 3.8) is 0 Å². The van der Waals surface area contributed by atoms with Crippen LogP contribution in [0, 0.1) is 33.1 Å². The van der Waals surface area contributed by atoms with Crippen LogP contribution >= 0.6 is 34.2 Å². The van der Waals surface area contributed by atoms with E-state index in [-0.39, 0.29) is 36.2 Å². The normalized spacial score (nSPS) is 24.9. The number of imide groups is 2. The summed E-state index contributed by atoms with van der Waals surface area (Å²) in [7, 11) is 1.43. The molecule has 2 aliphatic carbocycles. The minimum Gasteiger partial charge on any atom is -0.504 e. The number of para-hydroxylation sites is 1. The van der Waals surface area contributed by atoms with Crippen LogP contribution in [0.1, 0.15) is 29.9 Å². The van der Waals surface area contributed by atoms with Gasteiger partial charge in [0.25, 0.3) is 11.8 Å². The van der Waals surface area contributed by atoms with Gasteiger partial charge in [-0.2, -0.15) is 5.01 Å². The molecule has 0 radical (unpaired) electrons. The number of carbonyl (C=O) groups is 4. The third-order valence-corrected chi connectivity index (χ3v) is 13.1. The van der Waals surface area contributed by atoms with Crippen molar-refractivity contribution in [2.45, 2.75) is 24.2 Å². The first kappa shape index (κ1) is 37.8. The average Bonchev–Trinajstić information content (AvgIpc) is 3.61. The first-order chi connectivity index (χ1) is 28.0. The first-order valence-electron chi connectivity index (χ1n) is 18.7. The molecule has 10 nitrogen and oxygen atoms in total. The Bertz CT molecular complexity index is 2520. The van der Waals surface area contributed by atoms with Crippen molar-refractivity contribution >= 4 is 80.6 Å². The monoisotopic (exact) mass is 908 g/mol. The van der Waals surface area contributed by atoms with E-state index in [0.29, 0.717) is 31.1 Å². The first-order valence-corrected chi connectivity index (χ1v) is 20.2. The van der Waals surface area contributed by atoms with Gasteiger partial charge in [0.05, 0.1) is 45.2 Å². The highest BCUT2D eigenvalue weighted by atomic mass is 127. The lowest BCUT2D eigenvalue weighted by molar-refractivity contribution is -0.138. The number of ether oxygens (including phenoxy) is 1. The minimum atomic E-state index is -1.58. The predicted octanol–water partition coefficient (Wildman–Crippen LogP) is 8.73. The molecule has 1 saturated carbocycles. The lowest BCUT2D eigenvalue weighted by atomic mass is 9.49. The molecule has 0 spiro atoms. The maximum atomic E-state index is 15.4. The van der Waals surface area contributed by atoms with E-state index in [1.54, 1.807) is 48.5 Å². The van der Waals surface area contributed by atoms with Crippen LogP contribution in [-0.4, -0.2) is 40.9 Å². The van der Waals surface area contributed by atoms with Gasteiger partial charge in [0.2, 0.25) is 11.8 Å². The average molecular weight is 909 g/mol. The van der Waals surface area contributed by atoms with E-state index in [1.165, 1.54) is 36.3 Å². The maximum absolute atomic E-state index is 15.4. The molecular formula is C45H35ClFIN4O6. The summed E-state index contributed by atoms with van der Waals surface area (Å²) in [5, 5.41) is 15.7. The summed E-state index contributed by atoms with van der Waals surface area (Å²) < 4.78 is 20.0. The van der Waals surface area contributed by atoms with Crippen molar-refractivity contribution in [3.8, 4) is 11.5 Å². The third kappa shape index (κ3) is 5.95. The van der Waals surface area contributed by atoms with Gasteiger partial charge in [-0.05, 0) is 137 Å². The molecule has 5 aromatic rings. The fourth-order valence-electron chi connectivity index (χ4n) is 9.58. The molecule has 2 aliphatic heterocycles. The Hall–Kier alpha value is -5.73. The molecule has 3 fully saturated rings. The summed E-state index contributed by atoms with van der Waals surface area (Å²) in [6.07, 6.45) is 2.28. The fraction of sp³-hybridized carbons (Fsp3) is 0.200. The fourth-order valence-corrected chi connectivity index (χ4v) is 10.3. The zero-order chi connectivity index (χ0) is 40.5. The Morgan fingerprint density at radius 2 is 1.50 bits per heavy atom. The molecule has 4 aliphatic rings. The molecule has 4 amide bonds. The number of hydrogen-bond donors (Lipinski definition) is 3. The summed E-state index contributed by atoms with van der Waals surface area (Å²) in [5.74, 6) is -6.21. The smallest absolute Gasteiger partial charge is 0.260 e. The van der Waals surface area contributed by atoms with Gasteiger partial charge in [0.15, 0.2) is 11.5 Å². The van der Waals surface area contributed by atoms with Crippen LogP contribution < -0.4 is 20.4 Å². The molecule has 0 unspecified atom stereocenters. The van der Waals surface area contributed by atoms with E-state index in [0.717, 1.165) is 22.0 Å². The molecule has 9 rings (SSSR count). The van der Waals surface area contributed by atoms with Gasteiger partial charge in [-0.3, -0.25) is 29.5 Å². The molecule has 3 N–H and O–H groups in total. The Balaban J connectivity index is 1.17. The summed E-state index contributed by atoms with van der Waals surface area (Å²) >= 11 is 8.41. The van der Waals surface area contributed by atoms with Crippen LogP contribution in [0.5, 0.6) is 11.5 Å².